The smallest absolute Gasteiger partial charge is 0.339 e. The van der Waals surface area contributed by atoms with Crippen LogP contribution >= 0.6 is 22.6 Å². The van der Waals surface area contributed by atoms with E-state index >= 15 is 0 Å². The Bertz CT molecular complexity index is 1020. The summed E-state index contributed by atoms with van der Waals surface area (Å²) in [4.78, 5) is 15.7. The third-order valence-electron chi connectivity index (χ3n) is 4.82. The number of nitrogen functional groups attached to an aromatic ring is 1. The van der Waals surface area contributed by atoms with Crippen LogP contribution in [-0.2, 0) is 0 Å². The summed E-state index contributed by atoms with van der Waals surface area (Å²) in [6.07, 6.45) is 3.52. The molecule has 0 atom stereocenters. The number of hydrogen-bond donors (Lipinski definition) is 2. The molecule has 0 unspecified atom stereocenters. The lowest BCUT2D eigenvalue weighted by molar-refractivity contribution is 0.0686. The summed E-state index contributed by atoms with van der Waals surface area (Å²) in [7, 11) is 0. The second-order valence-electron chi connectivity index (χ2n) is 6.76. The van der Waals surface area contributed by atoms with Gasteiger partial charge in [0.05, 0.1) is 6.61 Å². The number of ether oxygens (including phenoxy) is 1. The molecular formula is C19H18IN5O3. The molecule has 0 amide bonds. The van der Waals surface area contributed by atoms with Crippen LogP contribution in [0.15, 0.2) is 42.7 Å². The summed E-state index contributed by atoms with van der Waals surface area (Å²) >= 11 is 2.09. The van der Waals surface area contributed by atoms with E-state index in [9.17, 15) is 9.90 Å². The van der Waals surface area contributed by atoms with Gasteiger partial charge in [-0.3, -0.25) is 0 Å². The molecule has 2 heterocycles. The molecule has 2 aromatic heterocycles. The summed E-state index contributed by atoms with van der Waals surface area (Å²) in [5, 5.41) is 17.5. The number of carboxylic acid groups (broad SMARTS) is 1. The molecule has 0 saturated heterocycles. The van der Waals surface area contributed by atoms with Crippen LogP contribution in [-0.4, -0.2) is 37.4 Å². The maximum Gasteiger partial charge on any atom is 0.339 e. The molecule has 0 radical (unpaired) electrons. The molecule has 1 saturated carbocycles. The van der Waals surface area contributed by atoms with E-state index in [0.29, 0.717) is 35.6 Å². The van der Waals surface area contributed by atoms with Gasteiger partial charge in [0, 0.05) is 9.61 Å². The number of halogens is 1. The Morgan fingerprint density at radius 2 is 2.14 bits per heavy atom. The lowest BCUT2D eigenvalue weighted by atomic mass is 9.80. The third-order valence-corrected chi connectivity index (χ3v) is 5.49. The number of aromatic nitrogens is 4. The van der Waals surface area contributed by atoms with Crippen molar-refractivity contribution in [3.8, 4) is 17.3 Å². The van der Waals surface area contributed by atoms with Crippen LogP contribution in [0, 0.1) is 9.49 Å². The molecule has 4 rings (SSSR count). The zero-order valence-corrected chi connectivity index (χ0v) is 17.0. The number of benzene rings is 1. The Morgan fingerprint density at radius 3 is 2.89 bits per heavy atom. The van der Waals surface area contributed by atoms with Gasteiger partial charge in [-0.1, -0.05) is 6.07 Å². The molecule has 3 aromatic rings. The first kappa shape index (κ1) is 18.7. The summed E-state index contributed by atoms with van der Waals surface area (Å²) in [6, 6.07) is 10.9. The molecule has 28 heavy (non-hydrogen) atoms. The van der Waals surface area contributed by atoms with Crippen molar-refractivity contribution in [3.05, 3.63) is 51.9 Å². The highest BCUT2D eigenvalue weighted by atomic mass is 127. The Hall–Kier alpha value is -2.69. The van der Waals surface area contributed by atoms with Crippen LogP contribution in [0.5, 0.6) is 5.75 Å². The van der Waals surface area contributed by atoms with Crippen molar-refractivity contribution in [2.24, 2.45) is 5.92 Å². The monoisotopic (exact) mass is 491 g/mol. The Kier molecular flexibility index (Phi) is 5.16. The van der Waals surface area contributed by atoms with E-state index in [1.807, 2.05) is 22.8 Å². The van der Waals surface area contributed by atoms with Crippen LogP contribution in [0.4, 0.5) is 5.82 Å². The lowest BCUT2D eigenvalue weighted by Crippen LogP contribution is -2.31. The van der Waals surface area contributed by atoms with Crippen LogP contribution in [0.25, 0.3) is 11.5 Å². The van der Waals surface area contributed by atoms with Gasteiger partial charge >= 0.3 is 5.97 Å². The van der Waals surface area contributed by atoms with E-state index in [1.165, 1.54) is 0 Å². The zero-order valence-electron chi connectivity index (χ0n) is 14.8. The Balaban J connectivity index is 1.39. The van der Waals surface area contributed by atoms with Gasteiger partial charge in [0.1, 0.15) is 29.2 Å². The van der Waals surface area contributed by atoms with Gasteiger partial charge in [-0.15, -0.1) is 10.2 Å². The maximum atomic E-state index is 11.4. The molecule has 1 aliphatic carbocycles. The largest absolute Gasteiger partial charge is 0.492 e. The van der Waals surface area contributed by atoms with Gasteiger partial charge in [0.15, 0.2) is 5.82 Å². The minimum atomic E-state index is -0.983. The summed E-state index contributed by atoms with van der Waals surface area (Å²) < 4.78 is 8.68. The number of nitrogens with zero attached hydrogens (tertiary/aromatic N) is 4. The second-order valence-corrected chi connectivity index (χ2v) is 8.00. The molecule has 0 aliphatic heterocycles. The number of hydrogen-bond acceptors (Lipinski definition) is 6. The van der Waals surface area contributed by atoms with E-state index in [2.05, 4.69) is 37.8 Å². The lowest BCUT2D eigenvalue weighted by Gasteiger charge is -2.36. The fourth-order valence-corrected chi connectivity index (χ4v) is 3.83. The maximum absolute atomic E-state index is 11.4. The van der Waals surface area contributed by atoms with Crippen molar-refractivity contribution in [3.63, 3.8) is 0 Å². The molecule has 0 spiro atoms. The quantitative estimate of drug-likeness (QED) is 0.509. The van der Waals surface area contributed by atoms with Crippen molar-refractivity contribution >= 4 is 34.4 Å². The summed E-state index contributed by atoms with van der Waals surface area (Å²) in [5.41, 5.74) is 6.66. The zero-order chi connectivity index (χ0) is 19.7. The fraction of sp³-hybridized carbons (Fsp3) is 0.263. The topological polar surface area (TPSA) is 116 Å². The number of pyridine rings is 1. The molecule has 9 heteroatoms. The normalized spacial score (nSPS) is 18.5. The van der Waals surface area contributed by atoms with Gasteiger partial charge in [-0.05, 0) is 71.7 Å². The average Bonchev–Trinajstić information content (AvgIpc) is 3.10. The Labute approximate surface area is 174 Å². The first-order valence-corrected chi connectivity index (χ1v) is 9.87. The number of carboxylic acids is 1. The van der Waals surface area contributed by atoms with Crippen molar-refractivity contribution in [2.75, 3.05) is 12.3 Å². The van der Waals surface area contributed by atoms with Gasteiger partial charge in [0.2, 0.25) is 0 Å². The van der Waals surface area contributed by atoms with Crippen LogP contribution in [0.1, 0.15) is 29.2 Å². The fourth-order valence-electron chi connectivity index (χ4n) is 3.34. The van der Waals surface area contributed by atoms with Gasteiger partial charge < -0.3 is 20.1 Å². The van der Waals surface area contributed by atoms with Gasteiger partial charge in [-0.2, -0.15) is 0 Å². The summed E-state index contributed by atoms with van der Waals surface area (Å²) in [5.74, 6) is 0.908. The van der Waals surface area contributed by atoms with Crippen molar-refractivity contribution < 1.29 is 14.6 Å². The van der Waals surface area contributed by atoms with E-state index in [-0.39, 0.29) is 11.6 Å². The minimum absolute atomic E-state index is 0.191. The average molecular weight is 491 g/mol. The highest BCUT2D eigenvalue weighted by Crippen LogP contribution is 2.40. The van der Waals surface area contributed by atoms with Crippen LogP contribution in [0.3, 0.4) is 0 Å². The molecule has 3 N–H and O–H groups in total. The van der Waals surface area contributed by atoms with Gasteiger partial charge in [-0.25, -0.2) is 9.78 Å². The number of aromatic carboxylic acids is 1. The predicted molar refractivity (Wildman–Crippen MR) is 111 cm³/mol. The van der Waals surface area contributed by atoms with E-state index in [1.54, 1.807) is 24.5 Å². The molecule has 1 fully saturated rings. The molecular weight excluding hydrogens is 473 g/mol. The SMILES string of the molecule is Nc1cccc(-c2nncn2C2CC(COc3ccc(I)cc3C(=O)O)C2)n1. The minimum Gasteiger partial charge on any atom is -0.492 e. The molecule has 8 nitrogen and oxygen atoms in total. The van der Waals surface area contributed by atoms with Crippen LogP contribution < -0.4 is 10.5 Å². The number of carbonyl (C=O) groups is 1. The molecule has 1 aromatic carbocycles. The molecule has 1 aliphatic rings. The molecule has 0 bridgehead atoms. The van der Waals surface area contributed by atoms with Gasteiger partial charge in [0.25, 0.3) is 0 Å². The number of anilines is 1. The summed E-state index contributed by atoms with van der Waals surface area (Å²) in [6.45, 7) is 0.478. The van der Waals surface area contributed by atoms with E-state index in [4.69, 9.17) is 10.5 Å². The third kappa shape index (κ3) is 3.79. The Morgan fingerprint density at radius 1 is 1.32 bits per heavy atom. The molecule has 144 valence electrons. The van der Waals surface area contributed by atoms with Crippen molar-refractivity contribution in [1.29, 1.82) is 0 Å². The number of rotatable bonds is 6. The predicted octanol–water partition coefficient (Wildman–Crippen LogP) is 3.26. The van der Waals surface area contributed by atoms with Crippen molar-refractivity contribution in [1.82, 2.24) is 19.7 Å². The first-order valence-electron chi connectivity index (χ1n) is 8.79. The highest BCUT2D eigenvalue weighted by molar-refractivity contribution is 14.1. The van der Waals surface area contributed by atoms with E-state index < -0.39 is 5.97 Å². The standard InChI is InChI=1S/C19H18IN5O3/c20-12-4-5-16(14(8-12)19(26)27)28-9-11-6-13(7-11)25-10-22-24-18(25)15-2-1-3-17(21)23-15/h1-5,8,10-11,13H,6-7,9H2,(H2,21,23)(H,26,27). The van der Waals surface area contributed by atoms with E-state index in [0.717, 1.165) is 16.4 Å². The van der Waals surface area contributed by atoms with Crippen LogP contribution in [0.2, 0.25) is 0 Å². The number of nitrogens with two attached hydrogens (primary N) is 1. The highest BCUT2D eigenvalue weighted by Gasteiger charge is 2.33. The second kappa shape index (κ2) is 7.74. The first-order chi connectivity index (χ1) is 13.5. The van der Waals surface area contributed by atoms with Crippen molar-refractivity contribution in [2.45, 2.75) is 18.9 Å².